The van der Waals surface area contributed by atoms with Crippen LogP contribution in [-0.2, 0) is 10.9 Å². The molecule has 0 saturated heterocycles. The van der Waals surface area contributed by atoms with Crippen molar-refractivity contribution in [2.75, 3.05) is 0 Å². The zero-order chi connectivity index (χ0) is 17.5. The molecule has 0 N–H and O–H groups in total. The Kier molecular flexibility index (Phi) is 6.08. The van der Waals surface area contributed by atoms with Gasteiger partial charge in [-0.3, -0.25) is 4.79 Å². The Balaban J connectivity index is 2.01. The van der Waals surface area contributed by atoms with E-state index in [0.29, 0.717) is 6.42 Å². The molecule has 3 aromatic rings. The highest BCUT2D eigenvalue weighted by Gasteiger charge is 2.28. The summed E-state index contributed by atoms with van der Waals surface area (Å²) in [6.45, 7) is 2.12. The zero-order valence-corrected chi connectivity index (χ0v) is 15.3. The third-order valence-electron chi connectivity index (χ3n) is 4.11. The van der Waals surface area contributed by atoms with E-state index in [2.05, 4.69) is 67.6 Å². The third kappa shape index (κ3) is 4.40. The maximum absolute atomic E-state index is 12.5. The fourth-order valence-electron chi connectivity index (χ4n) is 2.80. The third-order valence-corrected chi connectivity index (χ3v) is 6.32. The summed E-state index contributed by atoms with van der Waals surface area (Å²) in [6, 6.07) is 29.3. The van der Waals surface area contributed by atoms with Crippen LogP contribution in [0.25, 0.3) is 0 Å². The molecule has 0 aliphatic carbocycles. The molecule has 0 aliphatic heterocycles. The molecule has 0 aliphatic rings. The number of carbonyl (C=O) groups is 1. The number of hydrogen-bond donors (Lipinski definition) is 0. The highest BCUT2D eigenvalue weighted by atomic mass is 32.2. The van der Waals surface area contributed by atoms with Gasteiger partial charge < -0.3 is 0 Å². The predicted molar refractivity (Wildman–Crippen MR) is 105 cm³/mol. The molecule has 2 heteroatoms. The summed E-state index contributed by atoms with van der Waals surface area (Å²) >= 11 is 0. The lowest BCUT2D eigenvalue weighted by Crippen LogP contribution is -2.06. The van der Waals surface area contributed by atoms with E-state index < -0.39 is 0 Å². The Bertz CT molecular complexity index is 772. The van der Waals surface area contributed by atoms with Crippen molar-refractivity contribution in [3.05, 3.63) is 90.5 Å². The normalized spacial score (nSPS) is 10.8. The van der Waals surface area contributed by atoms with Gasteiger partial charge in [-0.25, -0.2) is 0 Å². The molecule has 3 rings (SSSR count). The lowest BCUT2D eigenvalue weighted by Gasteiger charge is -2.09. The number of hydrogen-bond acceptors (Lipinski definition) is 1. The maximum atomic E-state index is 12.5. The van der Waals surface area contributed by atoms with Crippen molar-refractivity contribution in [2.45, 2.75) is 40.9 Å². The van der Waals surface area contributed by atoms with Crippen molar-refractivity contribution in [1.29, 1.82) is 0 Å². The Morgan fingerprint density at radius 2 is 1.32 bits per heavy atom. The van der Waals surface area contributed by atoms with Gasteiger partial charge >= 0.3 is 0 Å². The topological polar surface area (TPSA) is 17.1 Å². The van der Waals surface area contributed by atoms with Crippen molar-refractivity contribution in [3.63, 3.8) is 0 Å². The second-order valence-corrected chi connectivity index (χ2v) is 8.01. The van der Waals surface area contributed by atoms with Crippen LogP contribution < -0.4 is 0 Å². The first-order valence-corrected chi connectivity index (χ1v) is 9.99. The summed E-state index contributed by atoms with van der Waals surface area (Å²) < 4.78 is 0. The van der Waals surface area contributed by atoms with Crippen LogP contribution in [0.3, 0.4) is 0 Å². The smallest absolute Gasteiger partial charge is 0.167 e. The van der Waals surface area contributed by atoms with Crippen LogP contribution >= 0.6 is 0 Å². The van der Waals surface area contributed by atoms with E-state index in [1.807, 2.05) is 24.3 Å². The van der Waals surface area contributed by atoms with Gasteiger partial charge in [-0.05, 0) is 36.8 Å². The van der Waals surface area contributed by atoms with E-state index in [9.17, 15) is 4.79 Å². The molecular formula is C23H23OS+. The van der Waals surface area contributed by atoms with Crippen molar-refractivity contribution in [2.24, 2.45) is 0 Å². The van der Waals surface area contributed by atoms with E-state index >= 15 is 0 Å². The van der Waals surface area contributed by atoms with Crippen molar-refractivity contribution >= 4 is 16.7 Å². The molecule has 25 heavy (non-hydrogen) atoms. The first kappa shape index (κ1) is 17.5. The molecule has 0 aromatic heterocycles. The quantitative estimate of drug-likeness (QED) is 0.370. The second kappa shape index (κ2) is 8.68. The molecular weight excluding hydrogens is 324 g/mol. The van der Waals surface area contributed by atoms with Gasteiger partial charge in [0.05, 0.1) is 10.9 Å². The monoisotopic (exact) mass is 347 g/mol. The SMILES string of the molecule is CCCCC(=O)c1cccc([S+](c2ccccc2)c2ccccc2)c1. The van der Waals surface area contributed by atoms with Gasteiger partial charge in [0, 0.05) is 18.1 Å². The summed E-state index contributed by atoms with van der Waals surface area (Å²) in [7, 11) is -0.199. The summed E-state index contributed by atoms with van der Waals surface area (Å²) in [5.74, 6) is 0.244. The number of unbranched alkanes of at least 4 members (excludes halogenated alkanes) is 1. The van der Waals surface area contributed by atoms with Crippen LogP contribution in [0.2, 0.25) is 0 Å². The van der Waals surface area contributed by atoms with Crippen LogP contribution in [0, 0.1) is 0 Å². The highest BCUT2D eigenvalue weighted by molar-refractivity contribution is 7.97. The van der Waals surface area contributed by atoms with Gasteiger partial charge in [0.15, 0.2) is 20.5 Å². The van der Waals surface area contributed by atoms with Crippen molar-refractivity contribution in [3.8, 4) is 0 Å². The Labute approximate surface area is 153 Å². The van der Waals surface area contributed by atoms with Crippen LogP contribution in [0.1, 0.15) is 36.5 Å². The molecule has 0 saturated carbocycles. The minimum absolute atomic E-state index is 0.199. The summed E-state index contributed by atoms with van der Waals surface area (Å²) in [6.07, 6.45) is 2.63. The molecule has 0 unspecified atom stereocenters. The van der Waals surface area contributed by atoms with Crippen molar-refractivity contribution in [1.82, 2.24) is 0 Å². The first-order valence-electron chi connectivity index (χ1n) is 8.77. The zero-order valence-electron chi connectivity index (χ0n) is 14.5. The van der Waals surface area contributed by atoms with Crippen molar-refractivity contribution < 1.29 is 4.79 Å². The fraction of sp³-hybridized carbons (Fsp3) is 0.174. The Morgan fingerprint density at radius 1 is 0.760 bits per heavy atom. The highest BCUT2D eigenvalue weighted by Crippen LogP contribution is 2.31. The Morgan fingerprint density at radius 3 is 1.88 bits per heavy atom. The molecule has 126 valence electrons. The van der Waals surface area contributed by atoms with Crippen LogP contribution in [0.5, 0.6) is 0 Å². The minimum atomic E-state index is -0.199. The van der Waals surface area contributed by atoms with Crippen LogP contribution in [0.15, 0.2) is 99.6 Å². The number of carbonyl (C=O) groups excluding carboxylic acids is 1. The predicted octanol–water partition coefficient (Wildman–Crippen LogP) is 6.15. The Hall–Kier alpha value is -2.32. The lowest BCUT2D eigenvalue weighted by atomic mass is 10.1. The molecule has 1 nitrogen and oxygen atoms in total. The molecule has 3 aromatic carbocycles. The largest absolute Gasteiger partial charge is 0.294 e. The van der Waals surface area contributed by atoms with Gasteiger partial charge in [-0.15, -0.1) is 0 Å². The summed E-state index contributed by atoms with van der Waals surface area (Å²) in [5, 5.41) is 0. The summed E-state index contributed by atoms with van der Waals surface area (Å²) in [4.78, 5) is 16.2. The van der Waals surface area contributed by atoms with Gasteiger partial charge in [-0.1, -0.05) is 61.9 Å². The molecule has 0 heterocycles. The van der Waals surface area contributed by atoms with Gasteiger partial charge in [0.25, 0.3) is 0 Å². The van der Waals surface area contributed by atoms with E-state index in [-0.39, 0.29) is 16.7 Å². The second-order valence-electron chi connectivity index (χ2n) is 5.99. The molecule has 0 radical (unpaired) electrons. The van der Waals surface area contributed by atoms with Gasteiger partial charge in [0.1, 0.15) is 0 Å². The van der Waals surface area contributed by atoms with E-state index in [1.54, 1.807) is 0 Å². The fourth-order valence-corrected chi connectivity index (χ4v) is 4.93. The molecule has 0 spiro atoms. The number of ketones is 1. The molecule has 0 bridgehead atoms. The van der Waals surface area contributed by atoms with Gasteiger partial charge in [-0.2, -0.15) is 0 Å². The standard InChI is InChI=1S/C23H23OS/c1-2-3-17-23(24)19-11-10-16-22(18-19)25(20-12-6-4-7-13-20)21-14-8-5-9-15-21/h4-16,18H,2-3,17H2,1H3/q+1. The van der Waals surface area contributed by atoms with Crippen LogP contribution in [-0.4, -0.2) is 5.78 Å². The number of rotatable bonds is 7. The molecule has 0 atom stereocenters. The molecule has 0 fully saturated rings. The van der Waals surface area contributed by atoms with E-state index in [0.717, 1.165) is 18.4 Å². The average molecular weight is 348 g/mol. The lowest BCUT2D eigenvalue weighted by molar-refractivity contribution is 0.0979. The van der Waals surface area contributed by atoms with Gasteiger partial charge in [0.2, 0.25) is 0 Å². The summed E-state index contributed by atoms with van der Waals surface area (Å²) in [5.41, 5.74) is 0.829. The number of benzene rings is 3. The number of Topliss-reactive ketones (excluding diaryl/α,β-unsaturated/α-hetero) is 1. The maximum Gasteiger partial charge on any atom is 0.167 e. The van der Waals surface area contributed by atoms with Crippen LogP contribution in [0.4, 0.5) is 0 Å². The first-order chi connectivity index (χ1) is 12.3. The minimum Gasteiger partial charge on any atom is -0.294 e. The average Bonchev–Trinajstić information content (AvgIpc) is 2.68. The molecule has 0 amide bonds. The van der Waals surface area contributed by atoms with E-state index in [4.69, 9.17) is 0 Å². The van der Waals surface area contributed by atoms with E-state index in [1.165, 1.54) is 14.7 Å².